The van der Waals surface area contributed by atoms with Crippen LogP contribution in [0.2, 0.25) is 5.02 Å². The van der Waals surface area contributed by atoms with Gasteiger partial charge in [0.05, 0.1) is 0 Å². The van der Waals surface area contributed by atoms with Crippen LogP contribution >= 0.6 is 11.6 Å². The average molecular weight is 271 g/mol. The Morgan fingerprint density at radius 2 is 2.28 bits per heavy atom. The zero-order valence-corrected chi connectivity index (χ0v) is 11.5. The number of hydrogen-bond donors (Lipinski definition) is 1. The molecule has 1 aliphatic heterocycles. The SMILES string of the molecule is CCN1CCCC(CN)C1c1c(F)cccc1Cl. The molecule has 2 nitrogen and oxygen atoms in total. The summed E-state index contributed by atoms with van der Waals surface area (Å²) >= 11 is 6.20. The fraction of sp³-hybridized carbons (Fsp3) is 0.571. The van der Waals surface area contributed by atoms with Crippen molar-refractivity contribution in [2.45, 2.75) is 25.8 Å². The molecule has 0 radical (unpaired) electrons. The number of likely N-dealkylation sites (tertiary alicyclic amines) is 1. The Morgan fingerprint density at radius 3 is 2.89 bits per heavy atom. The van der Waals surface area contributed by atoms with Gasteiger partial charge in [-0.15, -0.1) is 0 Å². The van der Waals surface area contributed by atoms with Crippen molar-refractivity contribution in [1.29, 1.82) is 0 Å². The van der Waals surface area contributed by atoms with Crippen LogP contribution < -0.4 is 5.73 Å². The van der Waals surface area contributed by atoms with Crippen LogP contribution in [0.1, 0.15) is 31.4 Å². The summed E-state index contributed by atoms with van der Waals surface area (Å²) in [5.41, 5.74) is 6.48. The highest BCUT2D eigenvalue weighted by Gasteiger charge is 2.33. The maximum absolute atomic E-state index is 14.1. The zero-order chi connectivity index (χ0) is 13.1. The average Bonchev–Trinajstić information content (AvgIpc) is 2.38. The number of nitrogens with two attached hydrogens (primary N) is 1. The second-order valence-electron chi connectivity index (χ2n) is 4.85. The Labute approximate surface area is 113 Å². The van der Waals surface area contributed by atoms with Crippen molar-refractivity contribution in [1.82, 2.24) is 4.90 Å². The van der Waals surface area contributed by atoms with Gasteiger partial charge < -0.3 is 5.73 Å². The van der Waals surface area contributed by atoms with Crippen LogP contribution in [0.5, 0.6) is 0 Å². The lowest BCUT2D eigenvalue weighted by Gasteiger charge is -2.41. The first kappa shape index (κ1) is 13.8. The topological polar surface area (TPSA) is 29.3 Å². The molecule has 2 atom stereocenters. The molecule has 0 aromatic heterocycles. The van der Waals surface area contributed by atoms with Crippen molar-refractivity contribution in [3.05, 3.63) is 34.6 Å². The van der Waals surface area contributed by atoms with Gasteiger partial charge in [0, 0.05) is 16.6 Å². The summed E-state index contributed by atoms with van der Waals surface area (Å²) < 4.78 is 14.1. The summed E-state index contributed by atoms with van der Waals surface area (Å²) in [6, 6.07) is 4.91. The minimum atomic E-state index is -0.216. The van der Waals surface area contributed by atoms with Gasteiger partial charge in [0.1, 0.15) is 5.82 Å². The van der Waals surface area contributed by atoms with E-state index >= 15 is 0 Å². The molecule has 1 aromatic rings. The number of nitrogens with zero attached hydrogens (tertiary/aromatic N) is 1. The molecule has 100 valence electrons. The van der Waals surface area contributed by atoms with E-state index in [9.17, 15) is 4.39 Å². The fourth-order valence-corrected chi connectivity index (χ4v) is 3.24. The van der Waals surface area contributed by atoms with Gasteiger partial charge in [0.25, 0.3) is 0 Å². The molecule has 0 aliphatic carbocycles. The Balaban J connectivity index is 2.42. The predicted octanol–water partition coefficient (Wildman–Crippen LogP) is 3.21. The molecule has 0 spiro atoms. The van der Waals surface area contributed by atoms with Gasteiger partial charge in [-0.25, -0.2) is 4.39 Å². The van der Waals surface area contributed by atoms with E-state index in [0.29, 0.717) is 17.1 Å². The van der Waals surface area contributed by atoms with E-state index in [1.165, 1.54) is 6.07 Å². The summed E-state index contributed by atoms with van der Waals surface area (Å²) in [5, 5.41) is 0.513. The van der Waals surface area contributed by atoms with Crippen molar-refractivity contribution >= 4 is 11.6 Å². The molecule has 1 heterocycles. The molecular formula is C14H20ClFN2. The normalized spacial score (nSPS) is 25.3. The van der Waals surface area contributed by atoms with Crippen LogP contribution in [0, 0.1) is 11.7 Å². The van der Waals surface area contributed by atoms with E-state index in [0.717, 1.165) is 25.9 Å². The van der Waals surface area contributed by atoms with Gasteiger partial charge in [-0.1, -0.05) is 24.6 Å². The van der Waals surface area contributed by atoms with Crippen LogP contribution in [0.15, 0.2) is 18.2 Å². The van der Waals surface area contributed by atoms with Gasteiger partial charge in [-0.3, -0.25) is 4.90 Å². The molecule has 0 saturated carbocycles. The maximum Gasteiger partial charge on any atom is 0.129 e. The summed E-state index contributed by atoms with van der Waals surface area (Å²) in [6.45, 7) is 4.56. The molecule has 1 fully saturated rings. The number of rotatable bonds is 3. The Hall–Kier alpha value is -0.640. The summed E-state index contributed by atoms with van der Waals surface area (Å²) in [4.78, 5) is 2.28. The molecule has 1 saturated heterocycles. The zero-order valence-electron chi connectivity index (χ0n) is 10.7. The molecule has 2 unspecified atom stereocenters. The number of piperidine rings is 1. The van der Waals surface area contributed by atoms with Crippen LogP contribution in [-0.2, 0) is 0 Å². The standard InChI is InChI=1S/C14H20ClFN2/c1-2-18-8-4-5-10(9-17)14(18)13-11(15)6-3-7-12(13)16/h3,6-7,10,14H,2,4-5,8-9,17H2,1H3. The first-order chi connectivity index (χ1) is 8.69. The van der Waals surface area contributed by atoms with E-state index in [1.54, 1.807) is 12.1 Å². The van der Waals surface area contributed by atoms with Crippen molar-refractivity contribution in [3.63, 3.8) is 0 Å². The number of benzene rings is 1. The van der Waals surface area contributed by atoms with Gasteiger partial charge in [-0.2, -0.15) is 0 Å². The molecular weight excluding hydrogens is 251 g/mol. The van der Waals surface area contributed by atoms with Gasteiger partial charge >= 0.3 is 0 Å². The molecule has 0 bridgehead atoms. The smallest absolute Gasteiger partial charge is 0.129 e. The Kier molecular flexibility index (Phi) is 4.60. The Morgan fingerprint density at radius 1 is 1.50 bits per heavy atom. The molecule has 0 amide bonds. The van der Waals surface area contributed by atoms with E-state index in [4.69, 9.17) is 17.3 Å². The van der Waals surface area contributed by atoms with Crippen LogP contribution in [0.25, 0.3) is 0 Å². The molecule has 4 heteroatoms. The monoisotopic (exact) mass is 270 g/mol. The molecule has 1 aromatic carbocycles. The third kappa shape index (κ3) is 2.53. The van der Waals surface area contributed by atoms with E-state index in [-0.39, 0.29) is 17.8 Å². The third-order valence-corrected chi connectivity index (χ3v) is 4.19. The summed E-state index contributed by atoms with van der Waals surface area (Å²) in [5.74, 6) is 0.0689. The van der Waals surface area contributed by atoms with Crippen molar-refractivity contribution in [2.24, 2.45) is 11.7 Å². The summed E-state index contributed by atoms with van der Waals surface area (Å²) in [6.07, 6.45) is 2.17. The second kappa shape index (κ2) is 6.00. The third-order valence-electron chi connectivity index (χ3n) is 3.86. The second-order valence-corrected chi connectivity index (χ2v) is 5.25. The first-order valence-electron chi connectivity index (χ1n) is 6.57. The van der Waals surface area contributed by atoms with E-state index in [1.807, 2.05) is 0 Å². The van der Waals surface area contributed by atoms with Crippen molar-refractivity contribution in [3.8, 4) is 0 Å². The lowest BCUT2D eigenvalue weighted by molar-refractivity contribution is 0.0992. The molecule has 18 heavy (non-hydrogen) atoms. The predicted molar refractivity (Wildman–Crippen MR) is 73.2 cm³/mol. The minimum Gasteiger partial charge on any atom is -0.330 e. The van der Waals surface area contributed by atoms with Crippen LogP contribution in [0.3, 0.4) is 0 Å². The van der Waals surface area contributed by atoms with Gasteiger partial charge in [0.15, 0.2) is 0 Å². The minimum absolute atomic E-state index is 0.0162. The molecule has 2 N–H and O–H groups in total. The highest BCUT2D eigenvalue weighted by atomic mass is 35.5. The highest BCUT2D eigenvalue weighted by molar-refractivity contribution is 6.31. The van der Waals surface area contributed by atoms with Gasteiger partial charge in [-0.05, 0) is 50.5 Å². The molecule has 1 aliphatic rings. The van der Waals surface area contributed by atoms with Crippen molar-refractivity contribution < 1.29 is 4.39 Å². The first-order valence-corrected chi connectivity index (χ1v) is 6.94. The summed E-state index contributed by atoms with van der Waals surface area (Å²) in [7, 11) is 0. The van der Waals surface area contributed by atoms with Crippen LogP contribution in [0.4, 0.5) is 4.39 Å². The van der Waals surface area contributed by atoms with E-state index in [2.05, 4.69) is 11.8 Å². The lowest BCUT2D eigenvalue weighted by atomic mass is 9.84. The number of hydrogen-bond acceptors (Lipinski definition) is 2. The largest absolute Gasteiger partial charge is 0.330 e. The molecule has 2 rings (SSSR count). The highest BCUT2D eigenvalue weighted by Crippen LogP contribution is 2.39. The Bertz CT molecular complexity index is 379. The van der Waals surface area contributed by atoms with Crippen molar-refractivity contribution in [2.75, 3.05) is 19.6 Å². The fourth-order valence-electron chi connectivity index (χ4n) is 2.96. The number of halogens is 2. The van der Waals surface area contributed by atoms with Gasteiger partial charge in [0.2, 0.25) is 0 Å². The quantitative estimate of drug-likeness (QED) is 0.914. The van der Waals surface area contributed by atoms with Crippen LogP contribution in [-0.4, -0.2) is 24.5 Å². The maximum atomic E-state index is 14.1. The van der Waals surface area contributed by atoms with E-state index < -0.39 is 0 Å². The lowest BCUT2D eigenvalue weighted by Crippen LogP contribution is -2.42.